The van der Waals surface area contributed by atoms with Gasteiger partial charge in [-0.15, -0.1) is 0 Å². The topological polar surface area (TPSA) is 12.9 Å². The van der Waals surface area contributed by atoms with Gasteiger partial charge in [0.1, 0.15) is 9.76 Å². The maximum Gasteiger partial charge on any atom is 0.419 e. The number of rotatable bonds is 1. The first-order valence-electron chi connectivity index (χ1n) is 3.44. The lowest BCUT2D eigenvalue weighted by atomic mass is 10.2. The SMILES string of the molecule is FC(F)c1cc(C(F)(F)F)c(Cl)nc1Br. The molecule has 1 heterocycles. The minimum absolute atomic E-state index is 0.282. The predicted molar refractivity (Wildman–Crippen MR) is 46.9 cm³/mol. The van der Waals surface area contributed by atoms with E-state index in [1.165, 1.54) is 0 Å². The Labute approximate surface area is 94.4 Å². The molecule has 0 radical (unpaired) electrons. The molecule has 0 saturated carbocycles. The normalized spacial score (nSPS) is 12.3. The van der Waals surface area contributed by atoms with Gasteiger partial charge in [0.15, 0.2) is 0 Å². The summed E-state index contributed by atoms with van der Waals surface area (Å²) in [5, 5.41) is -0.862. The predicted octanol–water partition coefficient (Wildman–Crippen LogP) is 4.45. The molecule has 0 unspecified atom stereocenters. The van der Waals surface area contributed by atoms with Gasteiger partial charge in [0.05, 0.1) is 11.1 Å². The fourth-order valence-electron chi connectivity index (χ4n) is 0.837. The van der Waals surface area contributed by atoms with Gasteiger partial charge in [-0.1, -0.05) is 11.6 Å². The molecule has 0 aliphatic heterocycles. The first kappa shape index (κ1) is 12.6. The summed E-state index contributed by atoms with van der Waals surface area (Å²) in [6.45, 7) is 0. The van der Waals surface area contributed by atoms with Crippen molar-refractivity contribution in [1.82, 2.24) is 4.98 Å². The summed E-state index contributed by atoms with van der Waals surface area (Å²) in [7, 11) is 0. The van der Waals surface area contributed by atoms with Gasteiger partial charge < -0.3 is 0 Å². The highest BCUT2D eigenvalue weighted by atomic mass is 79.9. The van der Waals surface area contributed by atoms with Gasteiger partial charge in [-0.05, 0) is 22.0 Å². The molecule has 0 fully saturated rings. The third-order valence-electron chi connectivity index (χ3n) is 1.50. The van der Waals surface area contributed by atoms with Crippen LogP contribution in [0.25, 0.3) is 0 Å². The maximum atomic E-state index is 12.2. The Morgan fingerprint density at radius 2 is 1.87 bits per heavy atom. The second-order valence-electron chi connectivity index (χ2n) is 2.51. The molecule has 0 spiro atoms. The summed E-state index contributed by atoms with van der Waals surface area (Å²) in [5.74, 6) is 0. The Morgan fingerprint density at radius 1 is 1.33 bits per heavy atom. The number of hydrogen-bond donors (Lipinski definition) is 0. The van der Waals surface area contributed by atoms with Crippen molar-refractivity contribution < 1.29 is 22.0 Å². The molecule has 0 bridgehead atoms. The first-order valence-corrected chi connectivity index (χ1v) is 4.62. The van der Waals surface area contributed by atoms with Crippen LogP contribution in [0.3, 0.4) is 0 Å². The van der Waals surface area contributed by atoms with E-state index < -0.39 is 33.5 Å². The lowest BCUT2D eigenvalue weighted by Gasteiger charge is -2.11. The number of hydrogen-bond acceptors (Lipinski definition) is 1. The van der Waals surface area contributed by atoms with Crippen LogP contribution in [-0.2, 0) is 6.18 Å². The first-order chi connectivity index (χ1) is 6.73. The van der Waals surface area contributed by atoms with E-state index in [1.54, 1.807) is 0 Å². The highest BCUT2D eigenvalue weighted by molar-refractivity contribution is 9.10. The van der Waals surface area contributed by atoms with Crippen molar-refractivity contribution in [2.75, 3.05) is 0 Å². The zero-order chi connectivity index (χ0) is 11.8. The molecular weight excluding hydrogens is 308 g/mol. The fourth-order valence-corrected chi connectivity index (χ4v) is 1.65. The van der Waals surface area contributed by atoms with Crippen molar-refractivity contribution >= 4 is 27.5 Å². The summed E-state index contributed by atoms with van der Waals surface area (Å²) in [6, 6.07) is 0.282. The van der Waals surface area contributed by atoms with Crippen molar-refractivity contribution in [3.63, 3.8) is 0 Å². The molecule has 0 aliphatic carbocycles. The van der Waals surface area contributed by atoms with E-state index in [0.717, 1.165) is 0 Å². The molecule has 0 atom stereocenters. The summed E-state index contributed by atoms with van der Waals surface area (Å²) in [5.41, 5.74) is -2.21. The van der Waals surface area contributed by atoms with E-state index in [0.29, 0.717) is 0 Å². The molecule has 15 heavy (non-hydrogen) atoms. The van der Waals surface area contributed by atoms with Gasteiger partial charge in [0, 0.05) is 0 Å². The van der Waals surface area contributed by atoms with Gasteiger partial charge in [0.25, 0.3) is 6.43 Å². The number of alkyl halides is 5. The highest BCUT2D eigenvalue weighted by Crippen LogP contribution is 2.38. The van der Waals surface area contributed by atoms with Gasteiger partial charge in [-0.25, -0.2) is 13.8 Å². The largest absolute Gasteiger partial charge is 0.419 e. The van der Waals surface area contributed by atoms with Crippen molar-refractivity contribution in [3.8, 4) is 0 Å². The van der Waals surface area contributed by atoms with Crippen molar-refractivity contribution in [2.24, 2.45) is 0 Å². The van der Waals surface area contributed by atoms with Crippen LogP contribution in [0.5, 0.6) is 0 Å². The molecule has 8 heteroatoms. The van der Waals surface area contributed by atoms with Gasteiger partial charge >= 0.3 is 6.18 Å². The van der Waals surface area contributed by atoms with E-state index in [4.69, 9.17) is 11.6 Å². The Balaban J connectivity index is 3.37. The third-order valence-corrected chi connectivity index (χ3v) is 2.42. The summed E-state index contributed by atoms with van der Waals surface area (Å²) < 4.78 is 60.8. The lowest BCUT2D eigenvalue weighted by molar-refractivity contribution is -0.137. The average Bonchev–Trinajstić information content (AvgIpc) is 2.00. The molecule has 0 N–H and O–H groups in total. The van der Waals surface area contributed by atoms with Crippen LogP contribution in [0.15, 0.2) is 10.7 Å². The number of nitrogens with zero attached hydrogens (tertiary/aromatic N) is 1. The Kier molecular flexibility index (Phi) is 3.55. The fraction of sp³-hybridized carbons (Fsp3) is 0.286. The van der Waals surface area contributed by atoms with E-state index in [2.05, 4.69) is 20.9 Å². The molecule has 0 amide bonds. The van der Waals surface area contributed by atoms with Crippen LogP contribution < -0.4 is 0 Å². The number of pyridine rings is 1. The molecule has 1 aromatic rings. The van der Waals surface area contributed by atoms with E-state index >= 15 is 0 Å². The Hall–Kier alpha value is -0.430. The second-order valence-corrected chi connectivity index (χ2v) is 3.61. The molecule has 0 aliphatic rings. The summed E-state index contributed by atoms with van der Waals surface area (Å²) in [6.07, 6.45) is -7.85. The molecule has 0 aromatic carbocycles. The second kappa shape index (κ2) is 4.21. The monoisotopic (exact) mass is 309 g/mol. The van der Waals surface area contributed by atoms with E-state index in [9.17, 15) is 22.0 Å². The average molecular weight is 310 g/mol. The van der Waals surface area contributed by atoms with Crippen molar-refractivity contribution in [3.05, 3.63) is 26.9 Å². The molecule has 84 valence electrons. The number of halogens is 7. The minimum atomic E-state index is -4.80. The van der Waals surface area contributed by atoms with Crippen LogP contribution in [0, 0.1) is 0 Å². The quantitative estimate of drug-likeness (QED) is 0.551. The van der Waals surface area contributed by atoms with Crippen molar-refractivity contribution in [2.45, 2.75) is 12.6 Å². The molecular formula is C7H2BrClF5N. The van der Waals surface area contributed by atoms with Crippen LogP contribution in [-0.4, -0.2) is 4.98 Å². The Bertz CT molecular complexity index is 378. The zero-order valence-electron chi connectivity index (χ0n) is 6.75. The van der Waals surface area contributed by atoms with E-state index in [-0.39, 0.29) is 6.07 Å². The molecule has 1 aromatic heterocycles. The number of aromatic nitrogens is 1. The summed E-state index contributed by atoms with van der Waals surface area (Å²) in [4.78, 5) is 3.14. The highest BCUT2D eigenvalue weighted by Gasteiger charge is 2.35. The van der Waals surface area contributed by atoms with Crippen LogP contribution in [0.1, 0.15) is 17.6 Å². The van der Waals surface area contributed by atoms with Gasteiger partial charge in [0.2, 0.25) is 0 Å². The minimum Gasteiger partial charge on any atom is -0.228 e. The van der Waals surface area contributed by atoms with Gasteiger partial charge in [-0.3, -0.25) is 0 Å². The van der Waals surface area contributed by atoms with E-state index in [1.807, 2.05) is 0 Å². The molecule has 1 rings (SSSR count). The molecule has 1 nitrogen and oxygen atoms in total. The summed E-state index contributed by atoms with van der Waals surface area (Å²) >= 11 is 7.79. The maximum absolute atomic E-state index is 12.2. The van der Waals surface area contributed by atoms with Crippen LogP contribution in [0.4, 0.5) is 22.0 Å². The molecule has 0 saturated heterocycles. The third kappa shape index (κ3) is 2.78. The Morgan fingerprint density at radius 3 is 2.27 bits per heavy atom. The smallest absolute Gasteiger partial charge is 0.228 e. The van der Waals surface area contributed by atoms with Crippen LogP contribution in [0.2, 0.25) is 5.15 Å². The zero-order valence-corrected chi connectivity index (χ0v) is 9.09. The lowest BCUT2D eigenvalue weighted by Crippen LogP contribution is -2.08. The standard InChI is InChI=1S/C7H2BrClF5N/c8-4-2(6(10)11)1-3(5(9)15-4)7(12,13)14/h1,6H. The van der Waals surface area contributed by atoms with Crippen molar-refractivity contribution in [1.29, 1.82) is 0 Å². The van der Waals surface area contributed by atoms with Gasteiger partial charge in [-0.2, -0.15) is 13.2 Å². The van der Waals surface area contributed by atoms with Crippen LogP contribution >= 0.6 is 27.5 Å².